The molecular weight excluding hydrogens is 267 g/mol. The minimum Gasteiger partial charge on any atom is -0.351 e. The van der Waals surface area contributed by atoms with Gasteiger partial charge in [-0.1, -0.05) is 13.8 Å². The first-order chi connectivity index (χ1) is 9.81. The first-order valence-electron chi connectivity index (χ1n) is 7.64. The van der Waals surface area contributed by atoms with Crippen molar-refractivity contribution >= 4 is 5.82 Å². The molecule has 1 aliphatic rings. The van der Waals surface area contributed by atoms with Crippen LogP contribution in [0, 0.1) is 5.82 Å². The Morgan fingerprint density at radius 1 is 1.38 bits per heavy atom. The van der Waals surface area contributed by atoms with Gasteiger partial charge in [0.15, 0.2) is 11.6 Å². The molecule has 0 radical (unpaired) electrons. The highest BCUT2D eigenvalue weighted by molar-refractivity contribution is 5.44. The number of aromatic nitrogens is 1. The SMILES string of the molecule is CC(C)NCc1ccnc(N2CCN(C)C(C)(C)C2)c1F. The van der Waals surface area contributed by atoms with Crippen LogP contribution in [0.25, 0.3) is 0 Å². The maximum Gasteiger partial charge on any atom is 0.170 e. The highest BCUT2D eigenvalue weighted by Gasteiger charge is 2.32. The zero-order valence-corrected chi connectivity index (χ0v) is 13.8. The highest BCUT2D eigenvalue weighted by Crippen LogP contribution is 2.26. The van der Waals surface area contributed by atoms with Crippen LogP contribution >= 0.6 is 0 Å². The number of pyridine rings is 1. The van der Waals surface area contributed by atoms with Crippen molar-refractivity contribution < 1.29 is 4.39 Å². The molecule has 4 nitrogen and oxygen atoms in total. The fourth-order valence-corrected chi connectivity index (χ4v) is 2.56. The summed E-state index contributed by atoms with van der Waals surface area (Å²) in [6.07, 6.45) is 1.71. The van der Waals surface area contributed by atoms with Crippen molar-refractivity contribution in [3.05, 3.63) is 23.6 Å². The van der Waals surface area contributed by atoms with Gasteiger partial charge < -0.3 is 10.2 Å². The van der Waals surface area contributed by atoms with E-state index >= 15 is 0 Å². The van der Waals surface area contributed by atoms with Crippen LogP contribution in [0.5, 0.6) is 0 Å². The molecule has 0 aromatic carbocycles. The van der Waals surface area contributed by atoms with Crippen molar-refractivity contribution in [3.63, 3.8) is 0 Å². The summed E-state index contributed by atoms with van der Waals surface area (Å²) in [7, 11) is 2.12. The lowest BCUT2D eigenvalue weighted by Crippen LogP contribution is -2.58. The predicted molar refractivity (Wildman–Crippen MR) is 85.1 cm³/mol. The van der Waals surface area contributed by atoms with E-state index in [4.69, 9.17) is 0 Å². The number of hydrogen-bond donors (Lipinski definition) is 1. The number of likely N-dealkylation sites (N-methyl/N-ethyl adjacent to an activating group) is 1. The molecular formula is C16H27FN4. The van der Waals surface area contributed by atoms with Crippen LogP contribution in [0.2, 0.25) is 0 Å². The summed E-state index contributed by atoms with van der Waals surface area (Å²) in [6, 6.07) is 2.10. The second-order valence-corrected chi connectivity index (χ2v) is 6.80. The molecule has 1 N–H and O–H groups in total. The normalized spacial score (nSPS) is 19.3. The van der Waals surface area contributed by atoms with Gasteiger partial charge in [0.05, 0.1) is 0 Å². The topological polar surface area (TPSA) is 31.4 Å². The summed E-state index contributed by atoms with van der Waals surface area (Å²) in [5.74, 6) is 0.297. The molecule has 0 unspecified atom stereocenters. The number of halogens is 1. The lowest BCUT2D eigenvalue weighted by molar-refractivity contribution is 0.138. The number of anilines is 1. The molecule has 21 heavy (non-hydrogen) atoms. The Morgan fingerprint density at radius 3 is 2.71 bits per heavy atom. The molecule has 0 saturated carbocycles. The van der Waals surface area contributed by atoms with E-state index in [1.54, 1.807) is 12.3 Å². The van der Waals surface area contributed by atoms with E-state index in [0.717, 1.165) is 19.6 Å². The summed E-state index contributed by atoms with van der Waals surface area (Å²) >= 11 is 0. The van der Waals surface area contributed by atoms with E-state index in [1.807, 2.05) is 0 Å². The van der Waals surface area contributed by atoms with E-state index in [0.29, 0.717) is 24.0 Å². The summed E-state index contributed by atoms with van der Waals surface area (Å²) < 4.78 is 14.7. The van der Waals surface area contributed by atoms with Crippen molar-refractivity contribution in [3.8, 4) is 0 Å². The van der Waals surface area contributed by atoms with Crippen LogP contribution in [0.1, 0.15) is 33.3 Å². The summed E-state index contributed by atoms with van der Waals surface area (Å²) in [6.45, 7) is 11.5. The zero-order chi connectivity index (χ0) is 15.6. The Labute approximate surface area is 127 Å². The molecule has 1 aromatic rings. The van der Waals surface area contributed by atoms with Crippen LogP contribution < -0.4 is 10.2 Å². The molecule has 2 rings (SSSR count). The number of rotatable bonds is 4. The first-order valence-corrected chi connectivity index (χ1v) is 7.64. The molecule has 0 aliphatic carbocycles. The Morgan fingerprint density at radius 2 is 2.10 bits per heavy atom. The van der Waals surface area contributed by atoms with Gasteiger partial charge in [-0.3, -0.25) is 4.90 Å². The lowest BCUT2D eigenvalue weighted by atomic mass is 9.99. The molecule has 1 aliphatic heterocycles. The standard InChI is InChI=1S/C16H27FN4/c1-12(2)19-10-13-6-7-18-15(14(13)17)21-9-8-20(5)16(3,4)11-21/h6-7,12,19H,8-11H2,1-5H3. The molecule has 0 atom stereocenters. The Hall–Kier alpha value is -1.20. The third-order valence-electron chi connectivity index (χ3n) is 4.27. The maximum atomic E-state index is 14.7. The molecule has 5 heteroatoms. The smallest absolute Gasteiger partial charge is 0.170 e. The Balaban J connectivity index is 2.18. The van der Waals surface area contributed by atoms with E-state index < -0.39 is 0 Å². The summed E-state index contributed by atoms with van der Waals surface area (Å²) in [5.41, 5.74) is 0.712. The van der Waals surface area contributed by atoms with Crippen molar-refractivity contribution in [1.29, 1.82) is 0 Å². The van der Waals surface area contributed by atoms with Gasteiger partial charge in [0.25, 0.3) is 0 Å². The maximum absolute atomic E-state index is 14.7. The monoisotopic (exact) mass is 294 g/mol. The van der Waals surface area contributed by atoms with Gasteiger partial charge in [0.1, 0.15) is 0 Å². The lowest BCUT2D eigenvalue weighted by Gasteiger charge is -2.45. The van der Waals surface area contributed by atoms with Crippen molar-refractivity contribution in [2.24, 2.45) is 0 Å². The third kappa shape index (κ3) is 3.71. The summed E-state index contributed by atoms with van der Waals surface area (Å²) in [5, 5.41) is 3.26. The minimum atomic E-state index is -0.189. The van der Waals surface area contributed by atoms with Gasteiger partial charge in [-0.05, 0) is 27.0 Å². The molecule has 1 aromatic heterocycles. The number of hydrogen-bond acceptors (Lipinski definition) is 4. The number of piperazine rings is 1. The predicted octanol–water partition coefficient (Wildman–Crippen LogP) is 2.25. The van der Waals surface area contributed by atoms with Gasteiger partial charge in [0, 0.05) is 49.5 Å². The molecule has 1 fully saturated rings. The Bertz CT molecular complexity index is 487. The van der Waals surface area contributed by atoms with Gasteiger partial charge in [-0.2, -0.15) is 0 Å². The molecule has 0 bridgehead atoms. The van der Waals surface area contributed by atoms with Gasteiger partial charge >= 0.3 is 0 Å². The average molecular weight is 294 g/mol. The van der Waals surface area contributed by atoms with Gasteiger partial charge in [-0.25, -0.2) is 9.37 Å². The van der Waals surface area contributed by atoms with E-state index in [9.17, 15) is 4.39 Å². The fraction of sp³-hybridized carbons (Fsp3) is 0.688. The average Bonchev–Trinajstić information content (AvgIpc) is 2.40. The first kappa shape index (κ1) is 16.2. The molecule has 1 saturated heterocycles. The highest BCUT2D eigenvalue weighted by atomic mass is 19.1. The van der Waals surface area contributed by atoms with Gasteiger partial charge in [-0.15, -0.1) is 0 Å². The molecule has 118 valence electrons. The second kappa shape index (κ2) is 6.28. The van der Waals surface area contributed by atoms with Crippen LogP contribution in [-0.2, 0) is 6.54 Å². The van der Waals surface area contributed by atoms with E-state index in [1.165, 1.54) is 0 Å². The number of nitrogens with one attached hydrogen (secondary N) is 1. The van der Waals surface area contributed by atoms with Crippen LogP contribution in [-0.4, -0.2) is 48.1 Å². The summed E-state index contributed by atoms with van der Waals surface area (Å²) in [4.78, 5) is 8.66. The van der Waals surface area contributed by atoms with Crippen molar-refractivity contribution in [2.75, 3.05) is 31.6 Å². The largest absolute Gasteiger partial charge is 0.351 e. The third-order valence-corrected chi connectivity index (χ3v) is 4.27. The van der Waals surface area contributed by atoms with Crippen LogP contribution in [0.15, 0.2) is 12.3 Å². The van der Waals surface area contributed by atoms with Crippen LogP contribution in [0.4, 0.5) is 10.2 Å². The molecule has 0 spiro atoms. The number of nitrogens with zero attached hydrogens (tertiary/aromatic N) is 3. The molecule has 0 amide bonds. The van der Waals surface area contributed by atoms with Crippen molar-refractivity contribution in [1.82, 2.24) is 15.2 Å². The fourth-order valence-electron chi connectivity index (χ4n) is 2.56. The van der Waals surface area contributed by atoms with E-state index in [-0.39, 0.29) is 11.4 Å². The zero-order valence-electron chi connectivity index (χ0n) is 13.8. The van der Waals surface area contributed by atoms with Crippen LogP contribution in [0.3, 0.4) is 0 Å². The second-order valence-electron chi connectivity index (χ2n) is 6.80. The quantitative estimate of drug-likeness (QED) is 0.923. The minimum absolute atomic E-state index is 0.0263. The Kier molecular flexibility index (Phi) is 4.84. The van der Waals surface area contributed by atoms with Gasteiger partial charge in [0.2, 0.25) is 0 Å². The van der Waals surface area contributed by atoms with E-state index in [2.05, 4.69) is 54.8 Å². The van der Waals surface area contributed by atoms with Crippen molar-refractivity contribution in [2.45, 2.75) is 45.8 Å². The molecule has 2 heterocycles.